The Balaban J connectivity index is 3.60. The van der Waals surface area contributed by atoms with Crippen molar-refractivity contribution in [2.75, 3.05) is 13.3 Å². The average molecular weight is 162 g/mol. The first-order valence-electron chi connectivity index (χ1n) is 3.49. The molecule has 0 aliphatic heterocycles. The van der Waals surface area contributed by atoms with Gasteiger partial charge in [0.25, 0.3) is 0 Å². The standard InChI is InChI=1S/C6H14N2O3/c7-3-1-2-5(6(10)11)8-4-9/h5,8-9H,1-4,7H2,(H,10,11)/t5-/m0/s1. The summed E-state index contributed by atoms with van der Waals surface area (Å²) in [5, 5.41) is 19.3. The molecular weight excluding hydrogens is 148 g/mol. The highest BCUT2D eigenvalue weighted by Crippen LogP contribution is 1.95. The van der Waals surface area contributed by atoms with Crippen molar-refractivity contribution < 1.29 is 15.0 Å². The molecule has 0 saturated carbocycles. The predicted molar refractivity (Wildman–Crippen MR) is 39.9 cm³/mol. The van der Waals surface area contributed by atoms with Crippen LogP contribution in [0, 0.1) is 0 Å². The van der Waals surface area contributed by atoms with E-state index in [1.807, 2.05) is 0 Å². The zero-order chi connectivity index (χ0) is 8.69. The number of aliphatic carboxylic acids is 1. The van der Waals surface area contributed by atoms with Crippen LogP contribution in [0.4, 0.5) is 0 Å². The number of aliphatic hydroxyl groups excluding tert-OH is 1. The lowest BCUT2D eigenvalue weighted by atomic mass is 10.1. The van der Waals surface area contributed by atoms with Crippen LogP contribution in [-0.4, -0.2) is 35.5 Å². The fourth-order valence-corrected chi connectivity index (χ4v) is 0.745. The summed E-state index contributed by atoms with van der Waals surface area (Å²) in [6.07, 6.45) is 1.09. The van der Waals surface area contributed by atoms with Crippen LogP contribution in [-0.2, 0) is 4.79 Å². The van der Waals surface area contributed by atoms with Gasteiger partial charge in [-0.2, -0.15) is 0 Å². The third-order valence-corrected chi connectivity index (χ3v) is 1.33. The molecule has 0 aliphatic carbocycles. The van der Waals surface area contributed by atoms with Gasteiger partial charge in [0.05, 0.1) is 6.73 Å². The van der Waals surface area contributed by atoms with Crippen LogP contribution in [0.5, 0.6) is 0 Å². The van der Waals surface area contributed by atoms with Gasteiger partial charge in [0, 0.05) is 0 Å². The van der Waals surface area contributed by atoms with Gasteiger partial charge in [-0.25, -0.2) is 0 Å². The van der Waals surface area contributed by atoms with Gasteiger partial charge < -0.3 is 15.9 Å². The maximum atomic E-state index is 10.4. The third-order valence-electron chi connectivity index (χ3n) is 1.33. The number of carbonyl (C=O) groups is 1. The summed E-state index contributed by atoms with van der Waals surface area (Å²) in [7, 11) is 0. The maximum absolute atomic E-state index is 10.4. The first-order valence-corrected chi connectivity index (χ1v) is 3.49. The highest BCUT2D eigenvalue weighted by atomic mass is 16.4. The van der Waals surface area contributed by atoms with E-state index in [9.17, 15) is 4.79 Å². The van der Waals surface area contributed by atoms with Crippen LogP contribution >= 0.6 is 0 Å². The summed E-state index contributed by atoms with van der Waals surface area (Å²) in [6, 6.07) is -0.677. The highest BCUT2D eigenvalue weighted by molar-refractivity contribution is 5.73. The van der Waals surface area contributed by atoms with Gasteiger partial charge in [-0.15, -0.1) is 0 Å². The SMILES string of the molecule is NCCC[C@H](NCO)C(=O)O. The van der Waals surface area contributed by atoms with E-state index in [1.165, 1.54) is 0 Å². The van der Waals surface area contributed by atoms with Gasteiger partial charge in [-0.3, -0.25) is 10.1 Å². The summed E-state index contributed by atoms with van der Waals surface area (Å²) < 4.78 is 0. The molecule has 0 bridgehead atoms. The Labute approximate surface area is 65.2 Å². The van der Waals surface area contributed by atoms with E-state index in [2.05, 4.69) is 5.32 Å². The molecule has 5 nitrogen and oxygen atoms in total. The largest absolute Gasteiger partial charge is 0.480 e. The molecule has 0 aromatic carbocycles. The van der Waals surface area contributed by atoms with Crippen molar-refractivity contribution in [1.82, 2.24) is 5.32 Å². The first kappa shape index (κ1) is 10.3. The minimum Gasteiger partial charge on any atom is -0.480 e. The fourth-order valence-electron chi connectivity index (χ4n) is 0.745. The van der Waals surface area contributed by atoms with Crippen molar-refractivity contribution >= 4 is 5.97 Å². The van der Waals surface area contributed by atoms with Gasteiger partial charge >= 0.3 is 5.97 Å². The number of carboxylic acids is 1. The quantitative estimate of drug-likeness (QED) is 0.365. The van der Waals surface area contributed by atoms with E-state index < -0.39 is 12.0 Å². The Morgan fingerprint density at radius 3 is 2.64 bits per heavy atom. The fraction of sp³-hybridized carbons (Fsp3) is 0.833. The Morgan fingerprint density at radius 1 is 1.64 bits per heavy atom. The molecule has 0 unspecified atom stereocenters. The van der Waals surface area contributed by atoms with Crippen molar-refractivity contribution in [2.24, 2.45) is 5.73 Å². The Bertz CT molecular complexity index is 118. The van der Waals surface area contributed by atoms with Gasteiger partial charge in [0.2, 0.25) is 0 Å². The van der Waals surface area contributed by atoms with Crippen molar-refractivity contribution in [1.29, 1.82) is 0 Å². The van der Waals surface area contributed by atoms with E-state index in [0.29, 0.717) is 19.4 Å². The van der Waals surface area contributed by atoms with E-state index in [4.69, 9.17) is 15.9 Å². The molecule has 5 heteroatoms. The van der Waals surface area contributed by atoms with Crippen molar-refractivity contribution in [3.05, 3.63) is 0 Å². The second-order valence-electron chi connectivity index (χ2n) is 2.18. The first-order chi connectivity index (χ1) is 5.22. The van der Waals surface area contributed by atoms with Crippen LogP contribution in [0.25, 0.3) is 0 Å². The Kier molecular flexibility index (Phi) is 5.73. The van der Waals surface area contributed by atoms with Crippen molar-refractivity contribution in [3.63, 3.8) is 0 Å². The Morgan fingerprint density at radius 2 is 2.27 bits per heavy atom. The minimum absolute atomic E-state index is 0.318. The van der Waals surface area contributed by atoms with Crippen LogP contribution in [0.2, 0.25) is 0 Å². The summed E-state index contributed by atoms with van der Waals surface area (Å²) in [4.78, 5) is 10.4. The maximum Gasteiger partial charge on any atom is 0.320 e. The number of rotatable bonds is 6. The second kappa shape index (κ2) is 6.09. The molecule has 0 spiro atoms. The van der Waals surface area contributed by atoms with E-state index in [1.54, 1.807) is 0 Å². The molecule has 0 amide bonds. The monoisotopic (exact) mass is 162 g/mol. The van der Waals surface area contributed by atoms with Gasteiger partial charge in [0.15, 0.2) is 0 Å². The van der Waals surface area contributed by atoms with E-state index >= 15 is 0 Å². The smallest absolute Gasteiger partial charge is 0.320 e. The molecule has 11 heavy (non-hydrogen) atoms. The molecule has 0 aromatic heterocycles. The Hall–Kier alpha value is -0.650. The highest BCUT2D eigenvalue weighted by Gasteiger charge is 2.14. The van der Waals surface area contributed by atoms with Gasteiger partial charge in [-0.1, -0.05) is 0 Å². The normalized spacial score (nSPS) is 12.9. The summed E-state index contributed by atoms with van der Waals surface area (Å²) in [5.41, 5.74) is 5.19. The molecule has 5 N–H and O–H groups in total. The molecule has 0 fully saturated rings. The molecule has 0 aliphatic rings. The van der Waals surface area contributed by atoms with Crippen LogP contribution in [0.3, 0.4) is 0 Å². The molecule has 66 valence electrons. The second-order valence-corrected chi connectivity index (χ2v) is 2.18. The topological polar surface area (TPSA) is 95.6 Å². The predicted octanol–water partition coefficient (Wildman–Crippen LogP) is -1.28. The van der Waals surface area contributed by atoms with Crippen molar-refractivity contribution in [2.45, 2.75) is 18.9 Å². The zero-order valence-corrected chi connectivity index (χ0v) is 6.29. The third kappa shape index (κ3) is 4.72. The molecule has 0 radical (unpaired) electrons. The zero-order valence-electron chi connectivity index (χ0n) is 6.29. The number of carboxylic acid groups (broad SMARTS) is 1. The number of hydrogen-bond acceptors (Lipinski definition) is 4. The number of nitrogens with one attached hydrogen (secondary N) is 1. The lowest BCUT2D eigenvalue weighted by Gasteiger charge is -2.10. The molecule has 1 atom stereocenters. The molecular formula is C6H14N2O3. The van der Waals surface area contributed by atoms with Crippen LogP contribution in [0.15, 0.2) is 0 Å². The molecule has 0 aromatic rings. The lowest BCUT2D eigenvalue weighted by molar-refractivity contribution is -0.140. The van der Waals surface area contributed by atoms with Gasteiger partial charge in [0.1, 0.15) is 6.04 Å². The average Bonchev–Trinajstić information content (AvgIpc) is 1.97. The number of hydrogen-bond donors (Lipinski definition) is 4. The summed E-state index contributed by atoms with van der Waals surface area (Å²) in [5.74, 6) is -0.951. The van der Waals surface area contributed by atoms with Crippen LogP contribution < -0.4 is 11.1 Å². The number of nitrogens with two attached hydrogens (primary N) is 1. The van der Waals surface area contributed by atoms with Crippen LogP contribution in [0.1, 0.15) is 12.8 Å². The lowest BCUT2D eigenvalue weighted by Crippen LogP contribution is -2.37. The molecule has 0 rings (SSSR count). The molecule has 0 heterocycles. The molecule has 0 saturated heterocycles. The minimum atomic E-state index is -0.951. The summed E-state index contributed by atoms with van der Waals surface area (Å²) >= 11 is 0. The number of aliphatic hydroxyl groups is 1. The van der Waals surface area contributed by atoms with E-state index in [0.717, 1.165) is 0 Å². The van der Waals surface area contributed by atoms with Gasteiger partial charge in [-0.05, 0) is 19.4 Å². The summed E-state index contributed by atoms with van der Waals surface area (Å²) in [6.45, 7) is 0.151. The van der Waals surface area contributed by atoms with Crippen molar-refractivity contribution in [3.8, 4) is 0 Å². The van der Waals surface area contributed by atoms with E-state index in [-0.39, 0.29) is 6.73 Å².